The van der Waals surface area contributed by atoms with Gasteiger partial charge in [0, 0.05) is 83.5 Å². The Kier molecular flexibility index (Phi) is 17.8. The first-order valence-electron chi connectivity index (χ1n) is 21.2. The third-order valence-electron chi connectivity index (χ3n) is 10.8. The van der Waals surface area contributed by atoms with Crippen LogP contribution >= 0.6 is 0 Å². The zero-order valence-electron chi connectivity index (χ0n) is 37.2. The number of pyridine rings is 1. The maximum absolute atomic E-state index is 6.55. The van der Waals surface area contributed by atoms with Crippen molar-refractivity contribution >= 4 is 22.3 Å². The number of rotatable bonds is 19. The number of likely N-dealkylation sites (N-methyl/N-ethyl adjacent to an activating group) is 1. The predicted octanol–water partition coefficient (Wildman–Crippen LogP) is 10.7. The van der Waals surface area contributed by atoms with Gasteiger partial charge in [-0.05, 0) is 115 Å². The van der Waals surface area contributed by atoms with E-state index in [4.69, 9.17) is 15.7 Å². The van der Waals surface area contributed by atoms with E-state index in [-0.39, 0.29) is 23.5 Å². The molecule has 1 fully saturated rings. The minimum Gasteiger partial charge on any atom is -0.379 e. The van der Waals surface area contributed by atoms with E-state index in [2.05, 4.69) is 131 Å². The number of allylic oxidation sites excluding steroid dienone is 2. The fourth-order valence-electron chi connectivity index (χ4n) is 7.94. The number of nitrogens with two attached hydrogens (primary N) is 1. The van der Waals surface area contributed by atoms with Crippen molar-refractivity contribution in [2.75, 3.05) is 20.1 Å². The van der Waals surface area contributed by atoms with Crippen LogP contribution in [-0.4, -0.2) is 52.5 Å². The van der Waals surface area contributed by atoms with Gasteiger partial charge in [0.2, 0.25) is 0 Å². The first-order valence-corrected chi connectivity index (χ1v) is 21.2. The molecule has 5 N–H and O–H groups in total. The maximum Gasteiger partial charge on any atom is 0.0719 e. The van der Waals surface area contributed by atoms with E-state index in [0.29, 0.717) is 12.3 Å². The summed E-state index contributed by atoms with van der Waals surface area (Å²) in [6.07, 6.45) is 9.98. The second kappa shape index (κ2) is 21.5. The lowest BCUT2D eigenvalue weighted by Gasteiger charge is -2.37. The van der Waals surface area contributed by atoms with Crippen LogP contribution in [0.25, 0.3) is 27.9 Å². The smallest absolute Gasteiger partial charge is 0.0719 e. The van der Waals surface area contributed by atoms with E-state index in [1.807, 2.05) is 40.1 Å². The van der Waals surface area contributed by atoms with Crippen LogP contribution in [0.2, 0.25) is 0 Å². The van der Waals surface area contributed by atoms with Crippen molar-refractivity contribution in [3.8, 4) is 11.3 Å². The average molecular weight is 765 g/mol. The van der Waals surface area contributed by atoms with Crippen LogP contribution in [-0.2, 0) is 13.0 Å². The molecule has 8 heteroatoms. The number of hydrazine groups is 1. The molecule has 3 atom stereocenters. The van der Waals surface area contributed by atoms with Crippen LogP contribution in [0.15, 0.2) is 84.3 Å². The Morgan fingerprint density at radius 1 is 1.11 bits per heavy atom. The molecule has 0 aliphatic carbocycles. The average Bonchev–Trinajstić information content (AvgIpc) is 3.48. The molecule has 1 aliphatic rings. The third kappa shape index (κ3) is 11.8. The van der Waals surface area contributed by atoms with Crippen molar-refractivity contribution in [3.63, 3.8) is 0 Å². The summed E-state index contributed by atoms with van der Waals surface area (Å²) >= 11 is 0. The molecule has 1 aliphatic heterocycles. The lowest BCUT2D eigenvalue weighted by Crippen LogP contribution is -2.50. The van der Waals surface area contributed by atoms with Gasteiger partial charge in [0.1, 0.15) is 0 Å². The molecule has 3 aromatic rings. The highest BCUT2D eigenvalue weighted by Gasteiger charge is 2.28. The minimum absolute atomic E-state index is 0.0466. The summed E-state index contributed by atoms with van der Waals surface area (Å²) in [6.45, 7) is 39.8. The lowest BCUT2D eigenvalue weighted by molar-refractivity contribution is 0.188. The Hall–Kier alpha value is -3.98. The molecule has 8 nitrogen and oxygen atoms in total. The number of fused-ring (bicyclic) bond motifs is 1. The van der Waals surface area contributed by atoms with Crippen LogP contribution in [0, 0.1) is 11.3 Å². The first kappa shape index (κ1) is 46.4. The van der Waals surface area contributed by atoms with Gasteiger partial charge in [-0.2, -0.15) is 0 Å². The number of hydrogen-bond acceptors (Lipinski definition) is 7. The maximum atomic E-state index is 6.55. The van der Waals surface area contributed by atoms with Gasteiger partial charge in [-0.15, -0.1) is 6.58 Å². The van der Waals surface area contributed by atoms with E-state index < -0.39 is 0 Å². The van der Waals surface area contributed by atoms with Crippen LogP contribution in [0.5, 0.6) is 0 Å². The molecule has 3 unspecified atom stereocenters. The molecule has 56 heavy (non-hydrogen) atoms. The van der Waals surface area contributed by atoms with Crippen molar-refractivity contribution < 1.29 is 0 Å². The van der Waals surface area contributed by atoms with Crippen molar-refractivity contribution in [2.24, 2.45) is 22.1 Å². The standard InChI is InChI=1S/C46H70N8.C2H6/c1-14-40(51-32(7)27-41(35(10)54-26-17-16-25-50-54)52-34(9)43(48-13)31(5)6)36-20-21-42-38(28-36)39(29-46(11,12)23-22-30(3)4)45(53(42)15-2)37-19-18-24-49-44(37)33(8)47;1-2/h14,18-21,24,28,31,33,41,43,48,50,52H,3,9-10,15-17,22-23,25-27,29,47H2,1-2,4-8,11-13H3;1-2H3/b40-14-,51-32?;. The molecular formula is C48H76N8. The molecule has 0 saturated carbocycles. The van der Waals surface area contributed by atoms with Crippen molar-refractivity contribution in [1.29, 1.82) is 0 Å². The van der Waals surface area contributed by atoms with Crippen LogP contribution in [0.1, 0.15) is 131 Å². The third-order valence-corrected chi connectivity index (χ3v) is 10.8. The number of aliphatic imine (C=N–C) groups is 1. The van der Waals surface area contributed by atoms with Gasteiger partial charge in [0.25, 0.3) is 0 Å². The Morgan fingerprint density at radius 2 is 1.82 bits per heavy atom. The Morgan fingerprint density at radius 3 is 2.39 bits per heavy atom. The van der Waals surface area contributed by atoms with E-state index in [0.717, 1.165) is 84.9 Å². The summed E-state index contributed by atoms with van der Waals surface area (Å²) in [5.41, 5.74) is 22.3. The Balaban J connectivity index is 0.00000414. The lowest BCUT2D eigenvalue weighted by atomic mass is 9.79. The monoisotopic (exact) mass is 765 g/mol. The predicted molar refractivity (Wildman–Crippen MR) is 245 cm³/mol. The largest absolute Gasteiger partial charge is 0.379 e. The molecule has 2 aromatic heterocycles. The molecule has 3 heterocycles. The summed E-state index contributed by atoms with van der Waals surface area (Å²) < 4.78 is 2.45. The first-order chi connectivity index (χ1) is 26.6. The van der Waals surface area contributed by atoms with Gasteiger partial charge in [-0.3, -0.25) is 9.98 Å². The molecule has 0 amide bonds. The normalized spacial score (nSPS) is 15.6. The van der Waals surface area contributed by atoms with Crippen molar-refractivity contribution in [2.45, 2.75) is 139 Å². The van der Waals surface area contributed by atoms with Gasteiger partial charge in [0.15, 0.2) is 0 Å². The highest BCUT2D eigenvalue weighted by molar-refractivity contribution is 5.96. The molecule has 1 saturated heterocycles. The van der Waals surface area contributed by atoms with Gasteiger partial charge in [-0.25, -0.2) is 5.43 Å². The summed E-state index contributed by atoms with van der Waals surface area (Å²) in [6, 6.07) is 11.0. The number of hydrogen-bond donors (Lipinski definition) is 4. The summed E-state index contributed by atoms with van der Waals surface area (Å²) in [7, 11) is 2.00. The number of nitrogens with zero attached hydrogens (tertiary/aromatic N) is 4. The fourth-order valence-corrected chi connectivity index (χ4v) is 7.94. The van der Waals surface area contributed by atoms with E-state index in [1.54, 1.807) is 0 Å². The number of nitrogens with one attached hydrogen (secondary N) is 3. The number of benzene rings is 1. The van der Waals surface area contributed by atoms with Crippen molar-refractivity contribution in [1.82, 2.24) is 30.6 Å². The van der Waals surface area contributed by atoms with Crippen LogP contribution in [0.4, 0.5) is 0 Å². The highest BCUT2D eigenvalue weighted by Crippen LogP contribution is 2.42. The van der Waals surface area contributed by atoms with Crippen LogP contribution < -0.4 is 21.8 Å². The topological polar surface area (TPSA) is 95.5 Å². The van der Waals surface area contributed by atoms with E-state index in [1.165, 1.54) is 34.2 Å². The Labute approximate surface area is 340 Å². The summed E-state index contributed by atoms with van der Waals surface area (Å²) in [5.74, 6) is 0.393. The second-order valence-corrected chi connectivity index (χ2v) is 16.5. The Bertz CT molecular complexity index is 1830. The molecule has 4 rings (SSSR count). The van der Waals surface area contributed by atoms with Crippen LogP contribution in [0.3, 0.4) is 0 Å². The number of aryl methyl sites for hydroxylation is 1. The SMILES string of the molecule is C=C(C)CCC(C)(C)Cc1c(-c2cccnc2C(C)N)n(CC)c2ccc(/C(=C/C)N=C(C)CC(NC(=C)C(NC)C(C)C)C(=C)N3CCCCN3)cc12.CC. The molecular weight excluding hydrogens is 689 g/mol. The summed E-state index contributed by atoms with van der Waals surface area (Å²) in [5, 5.41) is 10.7. The summed E-state index contributed by atoms with van der Waals surface area (Å²) in [4.78, 5) is 10.1. The zero-order valence-corrected chi connectivity index (χ0v) is 37.2. The number of aromatic nitrogens is 2. The van der Waals surface area contributed by atoms with Gasteiger partial charge >= 0.3 is 0 Å². The zero-order chi connectivity index (χ0) is 41.7. The fraction of sp³-hybridized carbons (Fsp3) is 0.542. The molecule has 0 bridgehead atoms. The van der Waals surface area contributed by atoms with Gasteiger partial charge in [-0.1, -0.05) is 72.4 Å². The van der Waals surface area contributed by atoms with Crippen molar-refractivity contribution in [3.05, 3.63) is 96.1 Å². The van der Waals surface area contributed by atoms with Gasteiger partial charge in [0.05, 0.1) is 23.1 Å². The minimum atomic E-state index is -0.192. The molecule has 0 radical (unpaired) electrons. The second-order valence-electron chi connectivity index (χ2n) is 16.5. The molecule has 308 valence electrons. The highest BCUT2D eigenvalue weighted by atomic mass is 15.5. The molecule has 1 aromatic carbocycles. The molecule has 0 spiro atoms. The van der Waals surface area contributed by atoms with E-state index >= 15 is 0 Å². The van der Waals surface area contributed by atoms with Gasteiger partial charge < -0.3 is 25.9 Å². The van der Waals surface area contributed by atoms with E-state index in [9.17, 15) is 0 Å². The quantitative estimate of drug-likeness (QED) is 0.0717.